The molecular weight excluding hydrogens is 248 g/mol. The average Bonchev–Trinajstić information content (AvgIpc) is 2.78. The Morgan fingerprint density at radius 3 is 2.79 bits per heavy atom. The fourth-order valence-electron chi connectivity index (χ4n) is 1.86. The largest absolute Gasteiger partial charge is 0.478 e. The van der Waals surface area contributed by atoms with Gasteiger partial charge in [-0.05, 0) is 17.7 Å². The van der Waals surface area contributed by atoms with Crippen LogP contribution in [0.1, 0.15) is 26.4 Å². The maximum atomic E-state index is 11.2. The summed E-state index contributed by atoms with van der Waals surface area (Å²) in [6, 6.07) is 4.45. The highest BCUT2D eigenvalue weighted by Gasteiger charge is 2.18. The lowest BCUT2D eigenvalue weighted by atomic mass is 10.0. The van der Waals surface area contributed by atoms with Crippen molar-refractivity contribution in [2.24, 2.45) is 7.05 Å². The van der Waals surface area contributed by atoms with Crippen molar-refractivity contribution < 1.29 is 19.8 Å². The van der Waals surface area contributed by atoms with Crippen LogP contribution in [-0.2, 0) is 13.7 Å². The van der Waals surface area contributed by atoms with E-state index < -0.39 is 5.97 Å². The van der Waals surface area contributed by atoms with Crippen LogP contribution >= 0.6 is 0 Å². The Balaban J connectivity index is 2.71. The van der Waals surface area contributed by atoms with Crippen molar-refractivity contribution in [3.8, 4) is 11.3 Å². The minimum absolute atomic E-state index is 0.0407. The van der Waals surface area contributed by atoms with Gasteiger partial charge in [0.2, 0.25) is 0 Å². The number of aromatic nitrogens is 2. The second-order valence-electron chi connectivity index (χ2n) is 4.05. The van der Waals surface area contributed by atoms with E-state index in [0.717, 1.165) is 0 Å². The topological polar surface area (TPSA) is 92.4 Å². The molecule has 0 aliphatic rings. The van der Waals surface area contributed by atoms with E-state index in [4.69, 9.17) is 5.11 Å². The normalized spacial score (nSPS) is 10.4. The lowest BCUT2D eigenvalue weighted by molar-refractivity contribution is 0.0697. The first-order chi connectivity index (χ1) is 9.08. The molecule has 0 aliphatic heterocycles. The van der Waals surface area contributed by atoms with Gasteiger partial charge in [0.1, 0.15) is 5.69 Å². The minimum atomic E-state index is -1.11. The number of carbonyl (C=O) groups is 2. The van der Waals surface area contributed by atoms with Gasteiger partial charge in [0.15, 0.2) is 6.29 Å². The third kappa shape index (κ3) is 2.25. The molecule has 6 heteroatoms. The number of rotatable bonds is 4. The predicted molar refractivity (Wildman–Crippen MR) is 66.9 cm³/mol. The number of carbonyl (C=O) groups excluding carboxylic acids is 1. The number of hydrogen-bond acceptors (Lipinski definition) is 4. The predicted octanol–water partition coefficient (Wildman–Crippen LogP) is 1.09. The molecule has 1 aromatic carbocycles. The van der Waals surface area contributed by atoms with Crippen molar-refractivity contribution >= 4 is 12.3 Å². The molecular formula is C13H12N2O4. The molecule has 1 aromatic heterocycles. The Hall–Kier alpha value is -2.47. The summed E-state index contributed by atoms with van der Waals surface area (Å²) in [7, 11) is 1.65. The van der Waals surface area contributed by atoms with Crippen molar-refractivity contribution in [1.82, 2.24) is 9.55 Å². The van der Waals surface area contributed by atoms with Gasteiger partial charge in [0.05, 0.1) is 24.2 Å². The molecule has 0 bridgehead atoms. The van der Waals surface area contributed by atoms with Crippen LogP contribution in [0.25, 0.3) is 11.3 Å². The Morgan fingerprint density at radius 1 is 1.47 bits per heavy atom. The van der Waals surface area contributed by atoms with Crippen molar-refractivity contribution in [1.29, 1.82) is 0 Å². The number of aldehydes is 1. The number of benzene rings is 1. The number of carboxylic acids is 1. The second kappa shape index (κ2) is 5.03. The summed E-state index contributed by atoms with van der Waals surface area (Å²) in [4.78, 5) is 26.3. The Bertz CT molecular complexity index is 646. The summed E-state index contributed by atoms with van der Waals surface area (Å²) in [5.74, 6) is -1.11. The molecule has 0 amide bonds. The van der Waals surface area contributed by atoms with E-state index in [2.05, 4.69) is 4.98 Å². The molecule has 0 aliphatic carbocycles. The monoisotopic (exact) mass is 260 g/mol. The van der Waals surface area contributed by atoms with Gasteiger partial charge in [-0.1, -0.05) is 6.07 Å². The molecule has 0 saturated carbocycles. The number of aromatic carboxylic acids is 1. The molecule has 2 N–H and O–H groups in total. The Labute approximate surface area is 108 Å². The van der Waals surface area contributed by atoms with Crippen molar-refractivity contribution in [2.75, 3.05) is 0 Å². The van der Waals surface area contributed by atoms with Crippen LogP contribution in [0.5, 0.6) is 0 Å². The van der Waals surface area contributed by atoms with Gasteiger partial charge in [0, 0.05) is 12.6 Å². The zero-order valence-electron chi connectivity index (χ0n) is 10.2. The minimum Gasteiger partial charge on any atom is -0.478 e. The fourth-order valence-corrected chi connectivity index (χ4v) is 1.86. The SMILES string of the molecule is Cn1cnc(-c2cc(CO)ccc2C(=O)O)c1C=O. The van der Waals surface area contributed by atoms with E-state index in [9.17, 15) is 14.7 Å². The summed E-state index contributed by atoms with van der Waals surface area (Å²) in [6.07, 6.45) is 2.07. The molecule has 2 aromatic rings. The molecule has 98 valence electrons. The zero-order chi connectivity index (χ0) is 14.0. The van der Waals surface area contributed by atoms with E-state index in [1.165, 1.54) is 29.1 Å². The fraction of sp³-hybridized carbons (Fsp3) is 0.154. The summed E-state index contributed by atoms with van der Waals surface area (Å²) >= 11 is 0. The third-order valence-electron chi connectivity index (χ3n) is 2.85. The third-order valence-corrected chi connectivity index (χ3v) is 2.85. The lowest BCUT2D eigenvalue weighted by Gasteiger charge is -2.07. The number of imidazole rings is 1. The average molecular weight is 260 g/mol. The molecule has 1 heterocycles. The first-order valence-electron chi connectivity index (χ1n) is 5.52. The number of carboxylic acid groups (broad SMARTS) is 1. The van der Waals surface area contributed by atoms with E-state index >= 15 is 0 Å². The summed E-state index contributed by atoms with van der Waals surface area (Å²) in [5.41, 5.74) is 1.51. The number of aliphatic hydroxyl groups excluding tert-OH is 1. The zero-order valence-corrected chi connectivity index (χ0v) is 10.2. The van der Waals surface area contributed by atoms with Crippen molar-refractivity contribution in [3.05, 3.63) is 41.3 Å². The van der Waals surface area contributed by atoms with E-state index in [1.807, 2.05) is 0 Å². The molecule has 2 rings (SSSR count). The number of hydrogen-bond donors (Lipinski definition) is 2. The molecule has 6 nitrogen and oxygen atoms in total. The number of aryl methyl sites for hydroxylation is 1. The van der Waals surface area contributed by atoms with E-state index in [1.54, 1.807) is 7.05 Å². The molecule has 0 unspecified atom stereocenters. The summed E-state index contributed by atoms with van der Waals surface area (Å²) < 4.78 is 1.51. The van der Waals surface area contributed by atoms with Crippen LogP contribution in [0.15, 0.2) is 24.5 Å². The van der Waals surface area contributed by atoms with Crippen LogP contribution in [-0.4, -0.2) is 32.0 Å². The van der Waals surface area contributed by atoms with Crippen molar-refractivity contribution in [2.45, 2.75) is 6.61 Å². The molecule has 19 heavy (non-hydrogen) atoms. The van der Waals surface area contributed by atoms with Gasteiger partial charge >= 0.3 is 5.97 Å². The highest BCUT2D eigenvalue weighted by Crippen LogP contribution is 2.26. The standard InChI is InChI=1S/C13H12N2O4/c1-15-7-14-12(11(15)6-17)10-4-8(5-16)2-3-9(10)13(18)19/h2-4,6-7,16H,5H2,1H3,(H,18,19). The van der Waals surface area contributed by atoms with Gasteiger partial charge in [-0.3, -0.25) is 4.79 Å². The Morgan fingerprint density at radius 2 is 2.21 bits per heavy atom. The van der Waals surface area contributed by atoms with Crippen LogP contribution in [0.2, 0.25) is 0 Å². The smallest absolute Gasteiger partial charge is 0.336 e. The van der Waals surface area contributed by atoms with E-state index in [-0.39, 0.29) is 17.9 Å². The first-order valence-corrected chi connectivity index (χ1v) is 5.52. The molecule has 0 atom stereocenters. The van der Waals surface area contributed by atoms with Crippen molar-refractivity contribution in [3.63, 3.8) is 0 Å². The number of nitrogens with zero attached hydrogens (tertiary/aromatic N) is 2. The molecule has 0 saturated heterocycles. The van der Waals surface area contributed by atoms with Crippen LogP contribution in [0.3, 0.4) is 0 Å². The molecule has 0 spiro atoms. The maximum absolute atomic E-state index is 11.2. The second-order valence-corrected chi connectivity index (χ2v) is 4.05. The van der Waals surface area contributed by atoms with Crippen LogP contribution in [0.4, 0.5) is 0 Å². The molecule has 0 radical (unpaired) electrons. The summed E-state index contributed by atoms with van der Waals surface area (Å²) in [5, 5.41) is 18.3. The quantitative estimate of drug-likeness (QED) is 0.803. The van der Waals surface area contributed by atoms with Gasteiger partial charge < -0.3 is 14.8 Å². The maximum Gasteiger partial charge on any atom is 0.336 e. The van der Waals surface area contributed by atoms with Gasteiger partial charge in [-0.25, -0.2) is 9.78 Å². The Kier molecular flexibility index (Phi) is 3.43. The summed E-state index contributed by atoms with van der Waals surface area (Å²) in [6.45, 7) is -0.212. The van der Waals surface area contributed by atoms with Gasteiger partial charge in [-0.15, -0.1) is 0 Å². The highest BCUT2D eigenvalue weighted by molar-refractivity contribution is 5.98. The van der Waals surface area contributed by atoms with Gasteiger partial charge in [0.25, 0.3) is 0 Å². The molecule has 0 fully saturated rings. The van der Waals surface area contributed by atoms with E-state index in [0.29, 0.717) is 23.1 Å². The highest BCUT2D eigenvalue weighted by atomic mass is 16.4. The van der Waals surface area contributed by atoms with Gasteiger partial charge in [-0.2, -0.15) is 0 Å². The number of aliphatic hydroxyl groups is 1. The first kappa shape index (κ1) is 13.0. The van der Waals surface area contributed by atoms with Crippen LogP contribution < -0.4 is 0 Å². The lowest BCUT2D eigenvalue weighted by Crippen LogP contribution is -2.03. The van der Waals surface area contributed by atoms with Crippen LogP contribution in [0, 0.1) is 0 Å².